The highest BCUT2D eigenvalue weighted by molar-refractivity contribution is 5.89. The molecule has 2 aromatic rings. The van der Waals surface area contributed by atoms with Gasteiger partial charge in [-0.25, -0.2) is 4.79 Å². The Morgan fingerprint density at radius 3 is 2.75 bits per heavy atom. The lowest BCUT2D eigenvalue weighted by Crippen LogP contribution is -2.31. The maximum atomic E-state index is 11.9. The monoisotopic (exact) mass is 265 g/mol. The Labute approximate surface area is 118 Å². The summed E-state index contributed by atoms with van der Waals surface area (Å²) in [6.07, 6.45) is 8.71. The molecule has 0 bridgehead atoms. The molecule has 2 rings (SSSR count). The molecule has 20 heavy (non-hydrogen) atoms. The normalized spacial score (nSPS) is 11.2. The lowest BCUT2D eigenvalue weighted by molar-refractivity contribution is 0.249. The molecule has 4 nitrogen and oxygen atoms in total. The Morgan fingerprint density at radius 2 is 2.05 bits per heavy atom. The fourth-order valence-electron chi connectivity index (χ4n) is 1.79. The van der Waals surface area contributed by atoms with Crippen molar-refractivity contribution in [1.82, 2.24) is 10.3 Å². The van der Waals surface area contributed by atoms with E-state index in [1.165, 1.54) is 0 Å². The quantitative estimate of drug-likeness (QED) is 0.838. The summed E-state index contributed by atoms with van der Waals surface area (Å²) in [5.41, 5.74) is 2.39. The fourth-order valence-corrected chi connectivity index (χ4v) is 1.79. The van der Waals surface area contributed by atoms with Crippen molar-refractivity contribution in [2.45, 2.75) is 13.0 Å². The second-order valence-electron chi connectivity index (χ2n) is 4.33. The molecule has 1 atom stereocenters. The second kappa shape index (κ2) is 6.39. The van der Waals surface area contributed by atoms with Gasteiger partial charge < -0.3 is 10.6 Å². The Morgan fingerprint density at radius 1 is 1.30 bits per heavy atom. The highest BCUT2D eigenvalue weighted by Crippen LogP contribution is 2.12. The summed E-state index contributed by atoms with van der Waals surface area (Å²) >= 11 is 0. The number of rotatable bonds is 3. The van der Waals surface area contributed by atoms with E-state index in [-0.39, 0.29) is 12.1 Å². The van der Waals surface area contributed by atoms with Crippen LogP contribution in [-0.2, 0) is 0 Å². The van der Waals surface area contributed by atoms with Crippen LogP contribution in [-0.4, -0.2) is 11.0 Å². The summed E-state index contributed by atoms with van der Waals surface area (Å²) in [6, 6.07) is 10.5. The molecular weight excluding hydrogens is 250 g/mol. The van der Waals surface area contributed by atoms with Gasteiger partial charge in [0.05, 0.1) is 6.04 Å². The van der Waals surface area contributed by atoms with E-state index in [1.807, 2.05) is 25.1 Å². The van der Waals surface area contributed by atoms with Crippen molar-refractivity contribution in [3.8, 4) is 12.3 Å². The van der Waals surface area contributed by atoms with E-state index in [0.717, 1.165) is 11.1 Å². The zero-order valence-electron chi connectivity index (χ0n) is 11.1. The number of benzene rings is 1. The number of urea groups is 1. The van der Waals surface area contributed by atoms with E-state index in [9.17, 15) is 4.79 Å². The molecule has 0 aliphatic carbocycles. The number of amides is 2. The molecule has 2 N–H and O–H groups in total. The van der Waals surface area contributed by atoms with Crippen LogP contribution in [0.15, 0.2) is 48.8 Å². The van der Waals surface area contributed by atoms with Gasteiger partial charge in [-0.3, -0.25) is 4.98 Å². The Bertz CT molecular complexity index is 632. The van der Waals surface area contributed by atoms with Crippen LogP contribution in [0.4, 0.5) is 10.5 Å². The Hall–Kier alpha value is -2.80. The molecule has 0 saturated carbocycles. The molecule has 0 unspecified atom stereocenters. The van der Waals surface area contributed by atoms with Crippen molar-refractivity contribution in [1.29, 1.82) is 0 Å². The minimum absolute atomic E-state index is 0.103. The number of nitrogens with zero attached hydrogens (tertiary/aromatic N) is 1. The van der Waals surface area contributed by atoms with E-state index in [2.05, 4.69) is 21.5 Å². The van der Waals surface area contributed by atoms with E-state index >= 15 is 0 Å². The topological polar surface area (TPSA) is 54.0 Å². The van der Waals surface area contributed by atoms with Crippen LogP contribution < -0.4 is 10.6 Å². The van der Waals surface area contributed by atoms with Crippen LogP contribution in [0.3, 0.4) is 0 Å². The molecule has 0 fully saturated rings. The lowest BCUT2D eigenvalue weighted by Gasteiger charge is -2.14. The Kier molecular flexibility index (Phi) is 4.35. The van der Waals surface area contributed by atoms with Crippen LogP contribution >= 0.6 is 0 Å². The number of carbonyl (C=O) groups excluding carboxylic acids is 1. The summed E-state index contributed by atoms with van der Waals surface area (Å²) in [7, 11) is 0. The van der Waals surface area contributed by atoms with Gasteiger partial charge in [-0.1, -0.05) is 12.0 Å². The van der Waals surface area contributed by atoms with Gasteiger partial charge in [-0.05, 0) is 42.8 Å². The molecule has 0 saturated heterocycles. The molecule has 2 amide bonds. The van der Waals surface area contributed by atoms with E-state index in [1.54, 1.807) is 30.6 Å². The van der Waals surface area contributed by atoms with E-state index in [4.69, 9.17) is 6.42 Å². The second-order valence-corrected chi connectivity index (χ2v) is 4.33. The van der Waals surface area contributed by atoms with Gasteiger partial charge in [-0.15, -0.1) is 6.42 Å². The molecule has 1 aromatic heterocycles. The molecule has 0 radical (unpaired) electrons. The Balaban J connectivity index is 1.97. The molecule has 100 valence electrons. The summed E-state index contributed by atoms with van der Waals surface area (Å²) < 4.78 is 0. The standard InChI is InChI=1S/C16H15N3O/c1-3-13-5-4-6-15(11-13)19-16(20)18-12(2)14-7-9-17-10-8-14/h1,4-12H,2H3,(H2,18,19,20)/t12-/m0/s1. The van der Waals surface area contributed by atoms with Crippen molar-refractivity contribution in [2.75, 3.05) is 5.32 Å². The number of hydrogen-bond acceptors (Lipinski definition) is 2. The van der Waals surface area contributed by atoms with Crippen molar-refractivity contribution in [2.24, 2.45) is 0 Å². The van der Waals surface area contributed by atoms with Gasteiger partial charge >= 0.3 is 6.03 Å². The smallest absolute Gasteiger partial charge is 0.319 e. The molecule has 4 heteroatoms. The maximum absolute atomic E-state index is 11.9. The van der Waals surface area contributed by atoms with Crippen molar-refractivity contribution < 1.29 is 4.79 Å². The predicted octanol–water partition coefficient (Wildman–Crippen LogP) is 2.95. The molecule has 0 aliphatic heterocycles. The SMILES string of the molecule is C#Cc1cccc(NC(=O)N[C@@H](C)c2ccncc2)c1. The number of nitrogens with one attached hydrogen (secondary N) is 2. The van der Waals surface area contributed by atoms with E-state index in [0.29, 0.717) is 5.69 Å². The van der Waals surface area contributed by atoms with Gasteiger partial charge in [0.2, 0.25) is 0 Å². The first-order chi connectivity index (χ1) is 9.69. The number of aromatic nitrogens is 1. The summed E-state index contributed by atoms with van der Waals surface area (Å²) in [4.78, 5) is 15.9. The van der Waals surface area contributed by atoms with Gasteiger partial charge in [-0.2, -0.15) is 0 Å². The number of hydrogen-bond donors (Lipinski definition) is 2. The van der Waals surface area contributed by atoms with Crippen LogP contribution in [0.5, 0.6) is 0 Å². The molecule has 0 spiro atoms. The van der Waals surface area contributed by atoms with Gasteiger partial charge in [0.25, 0.3) is 0 Å². The first-order valence-corrected chi connectivity index (χ1v) is 6.23. The molecular formula is C16H15N3O. The van der Waals surface area contributed by atoms with Crippen molar-refractivity contribution in [3.05, 3.63) is 59.9 Å². The first kappa shape index (κ1) is 13.6. The third-order valence-electron chi connectivity index (χ3n) is 2.84. The third-order valence-corrected chi connectivity index (χ3v) is 2.84. The summed E-state index contributed by atoms with van der Waals surface area (Å²) in [5, 5.41) is 5.61. The number of terminal acetylenes is 1. The summed E-state index contributed by atoms with van der Waals surface area (Å²) in [5.74, 6) is 2.53. The van der Waals surface area contributed by atoms with Crippen molar-refractivity contribution >= 4 is 11.7 Å². The molecule has 1 heterocycles. The first-order valence-electron chi connectivity index (χ1n) is 6.23. The van der Waals surface area contributed by atoms with Crippen LogP contribution in [0.25, 0.3) is 0 Å². The lowest BCUT2D eigenvalue weighted by atomic mass is 10.1. The number of carbonyl (C=O) groups is 1. The van der Waals surface area contributed by atoms with E-state index < -0.39 is 0 Å². The average molecular weight is 265 g/mol. The van der Waals surface area contributed by atoms with Crippen molar-refractivity contribution in [3.63, 3.8) is 0 Å². The highest BCUT2D eigenvalue weighted by atomic mass is 16.2. The largest absolute Gasteiger partial charge is 0.331 e. The van der Waals surface area contributed by atoms with Gasteiger partial charge in [0.1, 0.15) is 0 Å². The molecule has 0 aliphatic rings. The average Bonchev–Trinajstić information content (AvgIpc) is 2.48. The van der Waals surface area contributed by atoms with Crippen LogP contribution in [0, 0.1) is 12.3 Å². The third kappa shape index (κ3) is 3.59. The zero-order valence-corrected chi connectivity index (χ0v) is 11.1. The number of anilines is 1. The van der Waals surface area contributed by atoms with Gasteiger partial charge in [0.15, 0.2) is 0 Å². The van der Waals surface area contributed by atoms with Gasteiger partial charge in [0, 0.05) is 23.6 Å². The van der Waals surface area contributed by atoms with Crippen LogP contribution in [0.1, 0.15) is 24.1 Å². The molecule has 1 aromatic carbocycles. The van der Waals surface area contributed by atoms with Crippen LogP contribution in [0.2, 0.25) is 0 Å². The minimum atomic E-state index is -0.275. The minimum Gasteiger partial charge on any atom is -0.331 e. The fraction of sp³-hybridized carbons (Fsp3) is 0.125. The highest BCUT2D eigenvalue weighted by Gasteiger charge is 2.09. The summed E-state index contributed by atoms with van der Waals surface area (Å²) in [6.45, 7) is 1.91. The number of pyridine rings is 1. The maximum Gasteiger partial charge on any atom is 0.319 e. The zero-order chi connectivity index (χ0) is 14.4. The predicted molar refractivity (Wildman–Crippen MR) is 79.2 cm³/mol.